The first-order chi connectivity index (χ1) is 8.83. The molecule has 0 radical (unpaired) electrons. The van der Waals surface area contributed by atoms with Crippen LogP contribution in [0.3, 0.4) is 0 Å². The zero-order chi connectivity index (χ0) is 15.0. The Bertz CT molecular complexity index is 414. The predicted molar refractivity (Wildman–Crippen MR) is 82.5 cm³/mol. The summed E-state index contributed by atoms with van der Waals surface area (Å²) >= 11 is -0.826. The molecule has 0 nitrogen and oxygen atoms in total. The second kappa shape index (κ2) is 10.2. The first-order valence-electron chi connectivity index (χ1n) is 6.33. The van der Waals surface area contributed by atoms with Crippen LogP contribution in [0.1, 0.15) is 48.0 Å². The van der Waals surface area contributed by atoms with E-state index in [9.17, 15) is 0 Å². The fourth-order valence-electron chi connectivity index (χ4n) is 1.91. The molecule has 0 spiro atoms. The Labute approximate surface area is 137 Å². The van der Waals surface area contributed by atoms with Crippen LogP contribution in [0.25, 0.3) is 0 Å². The van der Waals surface area contributed by atoms with Crippen LogP contribution in [0, 0.1) is 18.1 Å². The van der Waals surface area contributed by atoms with E-state index < -0.39 is 20.8 Å². The molecule has 2 aliphatic rings. The molecule has 19 heavy (non-hydrogen) atoms. The summed E-state index contributed by atoms with van der Waals surface area (Å²) in [5.74, 6) is 0.560. The van der Waals surface area contributed by atoms with Crippen molar-refractivity contribution in [2.75, 3.05) is 0 Å². The SMILES string of the molecule is CC1=[C-]C(C)=CC1.CC1=[C-]C(C)C(C)=C1C.[Cl][Zr+2][Cl]. The monoisotopic (exact) mass is 374 g/mol. The third-order valence-corrected chi connectivity index (χ3v) is 3.36. The average Bonchev–Trinajstić information content (AvgIpc) is 2.81. The molecule has 104 valence electrons. The number of allylic oxidation sites excluding steroid dienone is 8. The van der Waals surface area contributed by atoms with Gasteiger partial charge in [-0.05, 0) is 0 Å². The van der Waals surface area contributed by atoms with Crippen molar-refractivity contribution in [1.29, 1.82) is 0 Å². The van der Waals surface area contributed by atoms with Crippen molar-refractivity contribution in [1.82, 2.24) is 0 Å². The molecule has 0 aromatic carbocycles. The van der Waals surface area contributed by atoms with Crippen LogP contribution in [-0.4, -0.2) is 0 Å². The number of halogens is 2. The second-order valence-electron chi connectivity index (χ2n) is 4.87. The molecule has 0 bridgehead atoms. The molecule has 0 fully saturated rings. The van der Waals surface area contributed by atoms with Gasteiger partial charge in [0.15, 0.2) is 0 Å². The van der Waals surface area contributed by atoms with E-state index in [0.29, 0.717) is 5.92 Å². The zero-order valence-corrected chi connectivity index (χ0v) is 16.6. The van der Waals surface area contributed by atoms with Crippen molar-refractivity contribution in [3.05, 3.63) is 46.1 Å². The first-order valence-corrected chi connectivity index (χ1v) is 12.7. The Kier molecular flexibility index (Phi) is 10.4. The molecule has 0 N–H and O–H groups in total. The van der Waals surface area contributed by atoms with Gasteiger partial charge in [0.05, 0.1) is 0 Å². The topological polar surface area (TPSA) is 0 Å². The Morgan fingerprint density at radius 2 is 1.68 bits per heavy atom. The van der Waals surface area contributed by atoms with Crippen LogP contribution in [0.2, 0.25) is 0 Å². The Morgan fingerprint density at radius 3 is 1.79 bits per heavy atom. The summed E-state index contributed by atoms with van der Waals surface area (Å²) in [7, 11) is 9.87. The molecule has 0 heterocycles. The van der Waals surface area contributed by atoms with E-state index in [0.717, 1.165) is 6.42 Å². The van der Waals surface area contributed by atoms with E-state index in [-0.39, 0.29) is 0 Å². The van der Waals surface area contributed by atoms with Crippen LogP contribution in [0.5, 0.6) is 0 Å². The molecule has 3 heteroatoms. The number of hydrogen-bond donors (Lipinski definition) is 0. The second-order valence-corrected chi connectivity index (χ2v) is 8.60. The van der Waals surface area contributed by atoms with Crippen molar-refractivity contribution in [2.24, 2.45) is 5.92 Å². The van der Waals surface area contributed by atoms with Gasteiger partial charge in [-0.25, -0.2) is 17.2 Å². The number of rotatable bonds is 0. The third kappa shape index (κ3) is 7.69. The minimum atomic E-state index is -0.826. The normalized spacial score (nSPS) is 20.4. The number of hydrogen-bond acceptors (Lipinski definition) is 0. The molecule has 2 rings (SSSR count). The van der Waals surface area contributed by atoms with Gasteiger partial charge in [0.1, 0.15) is 0 Å². The first kappa shape index (κ1) is 19.4. The Hall–Kier alpha value is 0.423. The van der Waals surface area contributed by atoms with E-state index in [1.165, 1.54) is 27.9 Å². The molecule has 1 unspecified atom stereocenters. The summed E-state index contributed by atoms with van der Waals surface area (Å²) < 4.78 is 0. The van der Waals surface area contributed by atoms with Gasteiger partial charge in [0.2, 0.25) is 0 Å². The molecule has 0 aromatic heterocycles. The van der Waals surface area contributed by atoms with Crippen molar-refractivity contribution < 1.29 is 20.8 Å². The van der Waals surface area contributed by atoms with Gasteiger partial charge in [-0.2, -0.15) is 16.7 Å². The van der Waals surface area contributed by atoms with Gasteiger partial charge in [0.25, 0.3) is 0 Å². The van der Waals surface area contributed by atoms with Crippen molar-refractivity contribution in [3.63, 3.8) is 0 Å². The molecular weight excluding hydrogens is 354 g/mol. The van der Waals surface area contributed by atoms with E-state index in [4.69, 9.17) is 17.0 Å². The average molecular weight is 376 g/mol. The van der Waals surface area contributed by atoms with Crippen molar-refractivity contribution >= 4 is 17.0 Å². The molecule has 2 aliphatic carbocycles. The van der Waals surface area contributed by atoms with Crippen LogP contribution < -0.4 is 0 Å². The van der Waals surface area contributed by atoms with Crippen LogP contribution in [-0.2, 0) is 20.8 Å². The fourth-order valence-corrected chi connectivity index (χ4v) is 1.91. The maximum atomic E-state index is 4.93. The van der Waals surface area contributed by atoms with Gasteiger partial charge >= 0.3 is 37.9 Å². The van der Waals surface area contributed by atoms with Crippen molar-refractivity contribution in [2.45, 2.75) is 48.0 Å². The van der Waals surface area contributed by atoms with E-state index in [2.05, 4.69) is 59.8 Å². The summed E-state index contributed by atoms with van der Waals surface area (Å²) in [5, 5.41) is 0. The van der Waals surface area contributed by atoms with Gasteiger partial charge in [-0.15, -0.1) is 6.92 Å². The van der Waals surface area contributed by atoms with Crippen LogP contribution >= 0.6 is 17.0 Å². The molecular formula is C16H22Cl2Zr. The summed E-state index contributed by atoms with van der Waals surface area (Å²) in [6.45, 7) is 12.9. The molecule has 0 amide bonds. The maximum absolute atomic E-state index is 4.93. The molecule has 0 saturated heterocycles. The van der Waals surface area contributed by atoms with Crippen LogP contribution in [0.4, 0.5) is 0 Å². The van der Waals surface area contributed by atoms with Gasteiger partial charge in [-0.3, -0.25) is 12.2 Å². The zero-order valence-electron chi connectivity index (χ0n) is 12.6. The standard InChI is InChI=1S/C9H13.C7H9.2ClH.Zr/c1-6-5-7(2)9(4)8(6)3;1-6-3-4-7(2)5-6;;;/h6H,1-4H3;3H,4H2,1-2H3;2*1H;/q2*-1;;;+4/p-2. The van der Waals surface area contributed by atoms with E-state index in [1.807, 2.05) is 0 Å². The van der Waals surface area contributed by atoms with E-state index in [1.54, 1.807) is 0 Å². The summed E-state index contributed by atoms with van der Waals surface area (Å²) in [5.41, 5.74) is 6.89. The Morgan fingerprint density at radius 1 is 1.16 bits per heavy atom. The van der Waals surface area contributed by atoms with Gasteiger partial charge in [-0.1, -0.05) is 47.0 Å². The quantitative estimate of drug-likeness (QED) is 0.443. The molecule has 0 saturated carbocycles. The van der Waals surface area contributed by atoms with E-state index >= 15 is 0 Å². The summed E-state index contributed by atoms with van der Waals surface area (Å²) in [6.07, 6.45) is 9.86. The van der Waals surface area contributed by atoms with Gasteiger partial charge in [0, 0.05) is 0 Å². The predicted octanol–water partition coefficient (Wildman–Crippen LogP) is 6.18. The fraction of sp³-hybridized carbons (Fsp3) is 0.500. The third-order valence-electron chi connectivity index (χ3n) is 3.36. The summed E-state index contributed by atoms with van der Waals surface area (Å²) in [4.78, 5) is 0. The minimum absolute atomic E-state index is 0.560. The Balaban J connectivity index is 0.000000289. The van der Waals surface area contributed by atoms with Crippen LogP contribution in [0.15, 0.2) is 33.9 Å². The molecule has 1 atom stereocenters. The van der Waals surface area contributed by atoms with Gasteiger partial charge < -0.3 is 0 Å². The summed E-state index contributed by atoms with van der Waals surface area (Å²) in [6, 6.07) is 0. The van der Waals surface area contributed by atoms with Crippen molar-refractivity contribution in [3.8, 4) is 0 Å². The molecule has 0 aliphatic heterocycles. The molecule has 0 aromatic rings.